The number of benzene rings is 1. The molecule has 0 saturated carbocycles. The second kappa shape index (κ2) is 8.12. The molecule has 1 saturated heterocycles. The van der Waals surface area contributed by atoms with E-state index >= 15 is 0 Å². The van der Waals surface area contributed by atoms with Crippen molar-refractivity contribution in [2.24, 2.45) is 5.41 Å². The van der Waals surface area contributed by atoms with Gasteiger partial charge in [0.25, 0.3) is 0 Å². The van der Waals surface area contributed by atoms with Crippen LogP contribution in [0.5, 0.6) is 0 Å². The summed E-state index contributed by atoms with van der Waals surface area (Å²) < 4.78 is 20.1. The van der Waals surface area contributed by atoms with Gasteiger partial charge in [-0.25, -0.2) is 19.2 Å². The van der Waals surface area contributed by atoms with Crippen LogP contribution in [-0.4, -0.2) is 46.8 Å². The van der Waals surface area contributed by atoms with E-state index in [1.165, 1.54) is 4.90 Å². The largest absolute Gasteiger partial charge is 0.445 e. The summed E-state index contributed by atoms with van der Waals surface area (Å²) in [5, 5.41) is 3.08. The fraction of sp³-hybridized carbons (Fsp3) is 0.421. The van der Waals surface area contributed by atoms with E-state index < -0.39 is 17.7 Å². The Hall–Kier alpha value is -2.70. The number of amides is 1. The van der Waals surface area contributed by atoms with Crippen molar-refractivity contribution in [3.63, 3.8) is 0 Å². The van der Waals surface area contributed by atoms with Crippen molar-refractivity contribution in [2.45, 2.75) is 26.1 Å². The Morgan fingerprint density at radius 2 is 2.04 bits per heavy atom. The van der Waals surface area contributed by atoms with Gasteiger partial charge in [-0.15, -0.1) is 0 Å². The van der Waals surface area contributed by atoms with Crippen molar-refractivity contribution in [1.82, 2.24) is 14.9 Å². The van der Waals surface area contributed by atoms with Crippen molar-refractivity contribution in [1.29, 1.82) is 0 Å². The molecule has 2 atom stereocenters. The highest BCUT2D eigenvalue weighted by molar-refractivity contribution is 5.67. The predicted molar refractivity (Wildman–Crippen MR) is 96.3 cm³/mol. The van der Waals surface area contributed by atoms with Crippen molar-refractivity contribution in [2.75, 3.05) is 25.0 Å². The molecule has 1 aliphatic heterocycles. The second-order valence-electron chi connectivity index (χ2n) is 6.78. The molecule has 7 heteroatoms. The Balaban J connectivity index is 1.49. The van der Waals surface area contributed by atoms with E-state index in [4.69, 9.17) is 4.74 Å². The molecule has 138 valence electrons. The topological polar surface area (TPSA) is 67.4 Å². The minimum Gasteiger partial charge on any atom is -0.445 e. The standard InChI is InChI=1S/C19H23FN4O2/c1-19(14-23-17-21-9-5-10-22-17)8-11-24(12-16(19)20)18(25)26-13-15-6-3-2-4-7-15/h2-7,9-10,16H,8,11-14H2,1H3,(H,21,22,23). The zero-order valence-corrected chi connectivity index (χ0v) is 14.8. The molecule has 1 N–H and O–H groups in total. The minimum atomic E-state index is -1.16. The van der Waals surface area contributed by atoms with Gasteiger partial charge in [0, 0.05) is 30.9 Å². The number of carbonyl (C=O) groups excluding carboxylic acids is 1. The van der Waals surface area contributed by atoms with Gasteiger partial charge >= 0.3 is 6.09 Å². The molecule has 0 spiro atoms. The van der Waals surface area contributed by atoms with Crippen LogP contribution in [0.1, 0.15) is 18.9 Å². The third-order valence-corrected chi connectivity index (χ3v) is 4.77. The van der Waals surface area contributed by atoms with Crippen LogP contribution < -0.4 is 5.32 Å². The summed E-state index contributed by atoms with van der Waals surface area (Å²) in [4.78, 5) is 21.8. The van der Waals surface area contributed by atoms with Gasteiger partial charge < -0.3 is 15.0 Å². The van der Waals surface area contributed by atoms with E-state index in [9.17, 15) is 9.18 Å². The van der Waals surface area contributed by atoms with Gasteiger partial charge in [0.05, 0.1) is 6.54 Å². The summed E-state index contributed by atoms with van der Waals surface area (Å²) in [7, 11) is 0. The summed E-state index contributed by atoms with van der Waals surface area (Å²) in [6.07, 6.45) is 2.18. The van der Waals surface area contributed by atoms with E-state index in [0.717, 1.165) is 5.56 Å². The molecule has 1 aromatic heterocycles. The van der Waals surface area contributed by atoms with Crippen molar-refractivity contribution in [3.05, 3.63) is 54.4 Å². The first-order valence-electron chi connectivity index (χ1n) is 8.67. The lowest BCUT2D eigenvalue weighted by atomic mass is 9.79. The molecule has 1 amide bonds. The fourth-order valence-electron chi connectivity index (χ4n) is 2.90. The Morgan fingerprint density at radius 3 is 2.73 bits per heavy atom. The quantitative estimate of drug-likeness (QED) is 0.888. The van der Waals surface area contributed by atoms with Crippen LogP contribution in [0.25, 0.3) is 0 Å². The molecule has 2 heterocycles. The molecule has 1 fully saturated rings. The summed E-state index contributed by atoms with van der Waals surface area (Å²) in [6.45, 7) is 2.96. The lowest BCUT2D eigenvalue weighted by molar-refractivity contribution is 0.0177. The monoisotopic (exact) mass is 358 g/mol. The first kappa shape index (κ1) is 18.1. The molecule has 26 heavy (non-hydrogen) atoms. The average molecular weight is 358 g/mol. The molecule has 6 nitrogen and oxygen atoms in total. The number of rotatable bonds is 5. The number of nitrogens with zero attached hydrogens (tertiary/aromatic N) is 3. The van der Waals surface area contributed by atoms with Crippen LogP contribution in [0.15, 0.2) is 48.8 Å². The van der Waals surface area contributed by atoms with Gasteiger partial charge in [0.1, 0.15) is 12.8 Å². The van der Waals surface area contributed by atoms with Crippen LogP contribution >= 0.6 is 0 Å². The van der Waals surface area contributed by atoms with E-state index in [1.54, 1.807) is 18.5 Å². The highest BCUT2D eigenvalue weighted by atomic mass is 19.1. The number of halogens is 1. The van der Waals surface area contributed by atoms with Gasteiger partial charge in [-0.3, -0.25) is 0 Å². The third kappa shape index (κ3) is 4.47. The molecule has 0 aliphatic carbocycles. The number of piperidine rings is 1. The molecular weight excluding hydrogens is 335 g/mol. The summed E-state index contributed by atoms with van der Waals surface area (Å²) in [5.74, 6) is 0.477. The van der Waals surface area contributed by atoms with E-state index in [0.29, 0.717) is 25.5 Å². The number of hydrogen-bond donors (Lipinski definition) is 1. The first-order valence-corrected chi connectivity index (χ1v) is 8.67. The van der Waals surface area contributed by atoms with Gasteiger partial charge in [-0.05, 0) is 18.1 Å². The van der Waals surface area contributed by atoms with Crippen LogP contribution in [0, 0.1) is 5.41 Å². The summed E-state index contributed by atoms with van der Waals surface area (Å²) in [5.41, 5.74) is 0.321. The van der Waals surface area contributed by atoms with Crippen LogP contribution in [-0.2, 0) is 11.3 Å². The average Bonchev–Trinajstić information content (AvgIpc) is 2.68. The maximum absolute atomic E-state index is 14.8. The van der Waals surface area contributed by atoms with Crippen molar-refractivity contribution < 1.29 is 13.9 Å². The SMILES string of the molecule is CC1(CNc2ncccn2)CCN(C(=O)OCc2ccccc2)CC1F. The first-order chi connectivity index (χ1) is 12.6. The molecule has 0 radical (unpaired) electrons. The molecule has 2 unspecified atom stereocenters. The lowest BCUT2D eigenvalue weighted by Gasteiger charge is -2.41. The Bertz CT molecular complexity index is 716. The minimum absolute atomic E-state index is 0.0292. The molecule has 1 aromatic carbocycles. The van der Waals surface area contributed by atoms with Crippen molar-refractivity contribution >= 4 is 12.0 Å². The lowest BCUT2D eigenvalue weighted by Crippen LogP contribution is -2.52. The zero-order chi connectivity index (χ0) is 18.4. The smallest absolute Gasteiger partial charge is 0.410 e. The van der Waals surface area contributed by atoms with Crippen LogP contribution in [0.2, 0.25) is 0 Å². The zero-order valence-electron chi connectivity index (χ0n) is 14.8. The van der Waals surface area contributed by atoms with Crippen LogP contribution in [0.4, 0.5) is 15.1 Å². The maximum atomic E-state index is 14.8. The van der Waals surface area contributed by atoms with Gasteiger partial charge in [0.2, 0.25) is 5.95 Å². The number of hydrogen-bond acceptors (Lipinski definition) is 5. The van der Waals surface area contributed by atoms with Crippen molar-refractivity contribution in [3.8, 4) is 0 Å². The fourth-order valence-corrected chi connectivity index (χ4v) is 2.90. The Labute approximate surface area is 152 Å². The molecule has 2 aromatic rings. The number of nitrogens with one attached hydrogen (secondary N) is 1. The molecule has 0 bridgehead atoms. The molecular formula is C19H23FN4O2. The predicted octanol–water partition coefficient (Wildman–Crippen LogP) is 3.28. The summed E-state index contributed by atoms with van der Waals surface area (Å²) >= 11 is 0. The Morgan fingerprint density at radius 1 is 1.31 bits per heavy atom. The summed E-state index contributed by atoms with van der Waals surface area (Å²) in [6, 6.07) is 11.2. The number of ether oxygens (including phenoxy) is 1. The normalized spacial score (nSPS) is 22.7. The highest BCUT2D eigenvalue weighted by Crippen LogP contribution is 2.33. The number of carbonyl (C=O) groups is 1. The number of alkyl halides is 1. The molecule has 3 rings (SSSR count). The third-order valence-electron chi connectivity index (χ3n) is 4.77. The van der Waals surface area contributed by atoms with E-state index in [-0.39, 0.29) is 13.2 Å². The Kier molecular flexibility index (Phi) is 5.65. The maximum Gasteiger partial charge on any atom is 0.410 e. The van der Waals surface area contributed by atoms with E-state index in [2.05, 4.69) is 15.3 Å². The number of anilines is 1. The van der Waals surface area contributed by atoms with E-state index in [1.807, 2.05) is 37.3 Å². The highest BCUT2D eigenvalue weighted by Gasteiger charge is 2.41. The number of aromatic nitrogens is 2. The van der Waals surface area contributed by atoms with Gasteiger partial charge in [-0.2, -0.15) is 0 Å². The second-order valence-corrected chi connectivity index (χ2v) is 6.78. The number of likely N-dealkylation sites (tertiary alicyclic amines) is 1. The molecule has 1 aliphatic rings. The van der Waals surface area contributed by atoms with Gasteiger partial charge in [0.15, 0.2) is 0 Å². The van der Waals surface area contributed by atoms with Gasteiger partial charge in [-0.1, -0.05) is 37.3 Å². The van der Waals surface area contributed by atoms with Crippen LogP contribution in [0.3, 0.4) is 0 Å².